The lowest BCUT2D eigenvalue weighted by Gasteiger charge is -2.20. The number of carbonyl (C=O) groups is 1. The lowest BCUT2D eigenvalue weighted by atomic mass is 10.1. The third-order valence-electron chi connectivity index (χ3n) is 4.02. The normalized spacial score (nSPS) is 20.5. The summed E-state index contributed by atoms with van der Waals surface area (Å²) < 4.78 is 11.9. The number of fused-ring (bicyclic) bond motifs is 3. The monoisotopic (exact) mass is 317 g/mol. The van der Waals surface area contributed by atoms with E-state index in [1.807, 2.05) is 19.1 Å². The van der Waals surface area contributed by atoms with Crippen LogP contribution in [0, 0.1) is 0 Å². The molecule has 2 aromatic rings. The molecule has 0 saturated heterocycles. The number of amides is 2. The van der Waals surface area contributed by atoms with E-state index >= 15 is 0 Å². The molecule has 2 amide bonds. The van der Waals surface area contributed by atoms with Crippen molar-refractivity contribution in [1.82, 2.24) is 4.98 Å². The van der Waals surface area contributed by atoms with Crippen molar-refractivity contribution >= 4 is 38.4 Å². The molecule has 0 bridgehead atoms. The van der Waals surface area contributed by atoms with Crippen LogP contribution in [0.3, 0.4) is 0 Å². The minimum atomic E-state index is -0.272. The molecule has 1 unspecified atom stereocenters. The van der Waals surface area contributed by atoms with Gasteiger partial charge in [-0.2, -0.15) is 0 Å². The van der Waals surface area contributed by atoms with Crippen molar-refractivity contribution in [3.05, 3.63) is 17.7 Å². The quantitative estimate of drug-likeness (QED) is 0.873. The molecule has 2 aliphatic rings. The number of hydrogen-bond donors (Lipinski definition) is 0. The zero-order valence-corrected chi connectivity index (χ0v) is 13.1. The predicted octanol–water partition coefficient (Wildman–Crippen LogP) is 2.65. The van der Waals surface area contributed by atoms with E-state index in [4.69, 9.17) is 14.5 Å². The van der Waals surface area contributed by atoms with Gasteiger partial charge in [0.05, 0.1) is 23.4 Å². The van der Waals surface area contributed by atoms with Gasteiger partial charge in [0.1, 0.15) is 11.8 Å². The molecule has 1 aromatic carbocycles. The third-order valence-corrected chi connectivity index (χ3v) is 5.04. The summed E-state index contributed by atoms with van der Waals surface area (Å²) in [6, 6.07) is 3.53. The number of anilines is 1. The predicted molar refractivity (Wildman–Crippen MR) is 85.5 cm³/mol. The van der Waals surface area contributed by atoms with Crippen LogP contribution in [0.2, 0.25) is 0 Å². The fourth-order valence-electron chi connectivity index (χ4n) is 2.93. The molecule has 22 heavy (non-hydrogen) atoms. The Labute approximate surface area is 131 Å². The molecule has 0 saturated carbocycles. The molecular weight excluding hydrogens is 302 g/mol. The smallest absolute Gasteiger partial charge is 0.350 e. The molecule has 1 aromatic heterocycles. The Bertz CT molecular complexity index is 799. The number of carbonyl (C=O) groups excluding carboxylic acids is 1. The van der Waals surface area contributed by atoms with Crippen molar-refractivity contribution in [2.24, 2.45) is 4.99 Å². The van der Waals surface area contributed by atoms with E-state index in [9.17, 15) is 4.79 Å². The molecule has 114 valence electrons. The van der Waals surface area contributed by atoms with Crippen LogP contribution in [0.5, 0.6) is 5.75 Å². The minimum absolute atomic E-state index is 0.178. The summed E-state index contributed by atoms with van der Waals surface area (Å²) >= 11 is 1.51. The van der Waals surface area contributed by atoms with E-state index in [0.29, 0.717) is 18.3 Å². The lowest BCUT2D eigenvalue weighted by molar-refractivity contribution is 0.194. The average molecular weight is 317 g/mol. The third kappa shape index (κ3) is 1.93. The first kappa shape index (κ1) is 13.7. The number of urea groups is 1. The van der Waals surface area contributed by atoms with Gasteiger partial charge in [-0.1, -0.05) is 11.3 Å². The van der Waals surface area contributed by atoms with E-state index in [1.165, 1.54) is 11.3 Å². The Morgan fingerprint density at radius 3 is 3.18 bits per heavy atom. The Hall–Kier alpha value is -1.99. The van der Waals surface area contributed by atoms with Crippen LogP contribution >= 0.6 is 11.3 Å². The van der Waals surface area contributed by atoms with Gasteiger partial charge in [0, 0.05) is 24.8 Å². The summed E-state index contributed by atoms with van der Waals surface area (Å²) in [5.74, 6) is 0.901. The summed E-state index contributed by atoms with van der Waals surface area (Å²) in [4.78, 5) is 22.6. The SMILES string of the molecule is COCC1C(C)=NC(=O)N1c1nc2c3c(ccc2s1)OCC3. The van der Waals surface area contributed by atoms with Gasteiger partial charge in [-0.3, -0.25) is 4.90 Å². The number of nitrogens with zero attached hydrogens (tertiary/aromatic N) is 3. The van der Waals surface area contributed by atoms with E-state index in [0.717, 1.165) is 33.7 Å². The van der Waals surface area contributed by atoms with Crippen LogP contribution < -0.4 is 9.64 Å². The number of aromatic nitrogens is 1. The van der Waals surface area contributed by atoms with E-state index < -0.39 is 0 Å². The highest BCUT2D eigenvalue weighted by molar-refractivity contribution is 7.22. The standard InChI is InChI=1S/C15H15N3O3S/c1-8-10(7-20-2)18(14(19)16-8)15-17-13-9-5-6-21-11(9)3-4-12(13)22-15/h3-4,10H,5-7H2,1-2H3. The van der Waals surface area contributed by atoms with Crippen molar-refractivity contribution in [3.63, 3.8) is 0 Å². The molecule has 3 heterocycles. The van der Waals surface area contributed by atoms with Crippen LogP contribution in [0.15, 0.2) is 17.1 Å². The van der Waals surface area contributed by atoms with Crippen molar-refractivity contribution in [2.45, 2.75) is 19.4 Å². The summed E-state index contributed by atoms with van der Waals surface area (Å²) in [5.41, 5.74) is 2.83. The van der Waals surface area contributed by atoms with Gasteiger partial charge in [0.25, 0.3) is 0 Å². The lowest BCUT2D eigenvalue weighted by Crippen LogP contribution is -2.40. The van der Waals surface area contributed by atoms with Crippen LogP contribution in [-0.2, 0) is 11.2 Å². The maximum atomic E-state index is 12.2. The average Bonchev–Trinajstić information content (AvgIpc) is 3.16. The maximum Gasteiger partial charge on any atom is 0.350 e. The van der Waals surface area contributed by atoms with Gasteiger partial charge in [0.15, 0.2) is 5.13 Å². The van der Waals surface area contributed by atoms with Crippen molar-refractivity contribution in [2.75, 3.05) is 25.2 Å². The van der Waals surface area contributed by atoms with Crippen LogP contribution in [0.1, 0.15) is 12.5 Å². The van der Waals surface area contributed by atoms with Gasteiger partial charge in [-0.15, -0.1) is 0 Å². The van der Waals surface area contributed by atoms with E-state index in [2.05, 4.69) is 4.99 Å². The highest BCUT2D eigenvalue weighted by Crippen LogP contribution is 2.38. The van der Waals surface area contributed by atoms with Crippen molar-refractivity contribution in [1.29, 1.82) is 0 Å². The Balaban J connectivity index is 1.79. The fourth-order valence-corrected chi connectivity index (χ4v) is 3.97. The molecule has 1 atom stereocenters. The summed E-state index contributed by atoms with van der Waals surface area (Å²) in [6.45, 7) is 2.96. The molecule has 2 aliphatic heterocycles. The number of methoxy groups -OCH3 is 1. The van der Waals surface area contributed by atoms with Gasteiger partial charge >= 0.3 is 6.03 Å². The van der Waals surface area contributed by atoms with Crippen molar-refractivity contribution < 1.29 is 14.3 Å². The van der Waals surface area contributed by atoms with Crippen LogP contribution in [0.4, 0.5) is 9.93 Å². The first-order valence-electron chi connectivity index (χ1n) is 7.11. The first-order valence-corrected chi connectivity index (χ1v) is 7.93. The molecule has 0 N–H and O–H groups in total. The number of ether oxygens (including phenoxy) is 2. The van der Waals surface area contributed by atoms with Gasteiger partial charge in [0.2, 0.25) is 0 Å². The second-order valence-corrected chi connectivity index (χ2v) is 6.37. The fraction of sp³-hybridized carbons (Fsp3) is 0.400. The maximum absolute atomic E-state index is 12.2. The second-order valence-electron chi connectivity index (χ2n) is 5.36. The number of benzene rings is 1. The summed E-state index contributed by atoms with van der Waals surface area (Å²) in [5, 5.41) is 0.669. The minimum Gasteiger partial charge on any atom is -0.493 e. The second kappa shape index (κ2) is 5.03. The van der Waals surface area contributed by atoms with Crippen LogP contribution in [0.25, 0.3) is 10.2 Å². The van der Waals surface area contributed by atoms with Crippen molar-refractivity contribution in [3.8, 4) is 5.75 Å². The summed E-state index contributed by atoms with van der Waals surface area (Å²) in [7, 11) is 1.62. The summed E-state index contributed by atoms with van der Waals surface area (Å²) in [6.07, 6.45) is 0.862. The molecule has 4 rings (SSSR count). The number of hydrogen-bond acceptors (Lipinski definition) is 5. The largest absolute Gasteiger partial charge is 0.493 e. The zero-order valence-electron chi connectivity index (χ0n) is 12.3. The first-order chi connectivity index (χ1) is 10.7. The highest BCUT2D eigenvalue weighted by atomic mass is 32.1. The van der Waals surface area contributed by atoms with E-state index in [1.54, 1.807) is 12.0 Å². The molecule has 0 radical (unpaired) electrons. The van der Waals surface area contributed by atoms with Gasteiger partial charge in [-0.25, -0.2) is 14.8 Å². The Kier molecular flexibility index (Phi) is 3.12. The number of rotatable bonds is 3. The highest BCUT2D eigenvalue weighted by Gasteiger charge is 2.36. The molecule has 6 nitrogen and oxygen atoms in total. The topological polar surface area (TPSA) is 64.0 Å². The number of aliphatic imine (C=N–C) groups is 1. The molecule has 0 aliphatic carbocycles. The Morgan fingerprint density at radius 2 is 2.36 bits per heavy atom. The molecule has 0 spiro atoms. The number of thiazole rings is 1. The molecular formula is C15H15N3O3S. The molecule has 7 heteroatoms. The van der Waals surface area contributed by atoms with E-state index in [-0.39, 0.29) is 12.1 Å². The zero-order chi connectivity index (χ0) is 15.3. The van der Waals surface area contributed by atoms with Gasteiger partial charge in [-0.05, 0) is 19.1 Å². The molecule has 0 fully saturated rings. The Morgan fingerprint density at radius 1 is 1.50 bits per heavy atom. The van der Waals surface area contributed by atoms with Gasteiger partial charge < -0.3 is 9.47 Å². The van der Waals surface area contributed by atoms with Crippen LogP contribution in [-0.4, -0.2) is 43.1 Å².